The van der Waals surface area contributed by atoms with Gasteiger partial charge in [0.2, 0.25) is 5.89 Å². The lowest BCUT2D eigenvalue weighted by atomic mass is 10.2. The molecule has 0 atom stereocenters. The van der Waals surface area contributed by atoms with E-state index in [0.717, 1.165) is 18.5 Å². The van der Waals surface area contributed by atoms with Crippen LogP contribution in [-0.2, 0) is 6.54 Å². The molecule has 0 aliphatic heterocycles. The summed E-state index contributed by atoms with van der Waals surface area (Å²) >= 11 is 12.1. The van der Waals surface area contributed by atoms with Crippen LogP contribution in [-0.4, -0.2) is 11.5 Å². The molecule has 0 fully saturated rings. The van der Waals surface area contributed by atoms with Crippen molar-refractivity contribution in [2.24, 2.45) is 0 Å². The number of aromatic nitrogens is 1. The number of rotatable bonds is 5. The third kappa shape index (κ3) is 3.05. The Balaban J connectivity index is 2.16. The molecular weight excluding hydrogens is 271 g/mol. The van der Waals surface area contributed by atoms with Gasteiger partial charge in [-0.3, -0.25) is 0 Å². The van der Waals surface area contributed by atoms with Crippen LogP contribution in [0.25, 0.3) is 11.3 Å². The third-order valence-electron chi connectivity index (χ3n) is 2.47. The molecule has 96 valence electrons. The van der Waals surface area contributed by atoms with Crippen molar-refractivity contribution in [2.75, 3.05) is 6.54 Å². The van der Waals surface area contributed by atoms with E-state index >= 15 is 0 Å². The zero-order chi connectivity index (χ0) is 13.0. The second kappa shape index (κ2) is 6.23. The number of oxazole rings is 1. The molecule has 0 spiro atoms. The van der Waals surface area contributed by atoms with Crippen molar-refractivity contribution in [3.63, 3.8) is 0 Å². The first-order chi connectivity index (χ1) is 8.72. The molecule has 0 unspecified atom stereocenters. The highest BCUT2D eigenvalue weighted by Crippen LogP contribution is 2.33. The maximum atomic E-state index is 6.13. The van der Waals surface area contributed by atoms with Crippen molar-refractivity contribution in [3.8, 4) is 11.3 Å². The van der Waals surface area contributed by atoms with Crippen molar-refractivity contribution in [1.29, 1.82) is 0 Å². The summed E-state index contributed by atoms with van der Waals surface area (Å²) < 4.78 is 5.64. The van der Waals surface area contributed by atoms with Crippen LogP contribution >= 0.6 is 23.2 Å². The summed E-state index contributed by atoms with van der Waals surface area (Å²) in [6.07, 6.45) is 2.74. The Morgan fingerprint density at radius 3 is 2.94 bits per heavy atom. The third-order valence-corrected chi connectivity index (χ3v) is 3.29. The van der Waals surface area contributed by atoms with Crippen LogP contribution in [0.4, 0.5) is 0 Å². The minimum absolute atomic E-state index is 0.489. The van der Waals surface area contributed by atoms with Gasteiger partial charge in [0.05, 0.1) is 22.8 Å². The maximum Gasteiger partial charge on any atom is 0.208 e. The van der Waals surface area contributed by atoms with Gasteiger partial charge in [-0.1, -0.05) is 36.2 Å². The number of benzene rings is 1. The topological polar surface area (TPSA) is 38.1 Å². The summed E-state index contributed by atoms with van der Waals surface area (Å²) in [6, 6.07) is 5.44. The Bertz CT molecular complexity index is 525. The van der Waals surface area contributed by atoms with Crippen LogP contribution in [0.5, 0.6) is 0 Å². The van der Waals surface area contributed by atoms with Gasteiger partial charge in [0.25, 0.3) is 0 Å². The molecule has 1 aromatic heterocycles. The van der Waals surface area contributed by atoms with Crippen LogP contribution in [0.15, 0.2) is 28.8 Å². The summed E-state index contributed by atoms with van der Waals surface area (Å²) in [6.45, 7) is 3.67. The Labute approximate surface area is 116 Å². The van der Waals surface area contributed by atoms with E-state index in [1.54, 1.807) is 12.3 Å². The van der Waals surface area contributed by atoms with E-state index < -0.39 is 0 Å². The first-order valence-corrected chi connectivity index (χ1v) is 6.57. The van der Waals surface area contributed by atoms with Crippen LogP contribution in [0.1, 0.15) is 19.2 Å². The molecule has 3 nitrogen and oxygen atoms in total. The minimum atomic E-state index is 0.489. The van der Waals surface area contributed by atoms with Gasteiger partial charge in [-0.2, -0.15) is 0 Å². The van der Waals surface area contributed by atoms with E-state index in [4.69, 9.17) is 27.6 Å². The lowest BCUT2D eigenvalue weighted by molar-refractivity contribution is 0.478. The van der Waals surface area contributed by atoms with Crippen LogP contribution in [0.3, 0.4) is 0 Å². The first kappa shape index (κ1) is 13.4. The Kier molecular flexibility index (Phi) is 4.64. The molecule has 0 aliphatic rings. The van der Waals surface area contributed by atoms with Gasteiger partial charge in [-0.15, -0.1) is 0 Å². The fourth-order valence-electron chi connectivity index (χ4n) is 1.58. The molecule has 2 aromatic rings. The largest absolute Gasteiger partial charge is 0.439 e. The Hall–Kier alpha value is -1.03. The van der Waals surface area contributed by atoms with E-state index in [2.05, 4.69) is 17.2 Å². The lowest BCUT2D eigenvalue weighted by Gasteiger charge is -2.02. The highest BCUT2D eigenvalue weighted by atomic mass is 35.5. The van der Waals surface area contributed by atoms with E-state index in [0.29, 0.717) is 28.2 Å². The second-order valence-corrected chi connectivity index (χ2v) is 4.68. The van der Waals surface area contributed by atoms with Crippen molar-refractivity contribution in [2.45, 2.75) is 19.9 Å². The SMILES string of the molecule is CCCNCc1ncc(-c2cccc(Cl)c2Cl)o1. The van der Waals surface area contributed by atoms with Crippen LogP contribution in [0.2, 0.25) is 10.0 Å². The fraction of sp³-hybridized carbons (Fsp3) is 0.308. The van der Waals surface area contributed by atoms with E-state index in [9.17, 15) is 0 Å². The van der Waals surface area contributed by atoms with Gasteiger partial charge < -0.3 is 9.73 Å². The van der Waals surface area contributed by atoms with Gasteiger partial charge in [-0.05, 0) is 25.1 Å². The van der Waals surface area contributed by atoms with Gasteiger partial charge in [0.1, 0.15) is 0 Å². The molecular formula is C13H14Cl2N2O. The van der Waals surface area contributed by atoms with E-state index in [-0.39, 0.29) is 0 Å². The fourth-order valence-corrected chi connectivity index (χ4v) is 1.98. The summed E-state index contributed by atoms with van der Waals surface area (Å²) in [5, 5.41) is 4.23. The van der Waals surface area contributed by atoms with Crippen molar-refractivity contribution < 1.29 is 4.42 Å². The normalized spacial score (nSPS) is 10.8. The smallest absolute Gasteiger partial charge is 0.208 e. The van der Waals surface area contributed by atoms with Crippen molar-refractivity contribution in [1.82, 2.24) is 10.3 Å². The quantitative estimate of drug-likeness (QED) is 0.839. The van der Waals surface area contributed by atoms with Gasteiger partial charge in [0, 0.05) is 5.56 Å². The number of halogens is 2. The summed E-state index contributed by atoms with van der Waals surface area (Å²) in [4.78, 5) is 4.20. The highest BCUT2D eigenvalue weighted by Gasteiger charge is 2.11. The molecule has 2 rings (SSSR count). The molecule has 5 heteroatoms. The molecule has 18 heavy (non-hydrogen) atoms. The molecule has 1 heterocycles. The Morgan fingerprint density at radius 1 is 1.33 bits per heavy atom. The number of nitrogens with zero attached hydrogens (tertiary/aromatic N) is 1. The zero-order valence-electron chi connectivity index (χ0n) is 10.0. The molecule has 0 aliphatic carbocycles. The maximum absolute atomic E-state index is 6.13. The summed E-state index contributed by atoms with van der Waals surface area (Å²) in [5.74, 6) is 1.28. The van der Waals surface area contributed by atoms with Crippen LogP contribution in [0, 0.1) is 0 Å². The molecule has 0 bridgehead atoms. The predicted octanol–water partition coefficient (Wildman–Crippen LogP) is 4.15. The average Bonchev–Trinajstić information content (AvgIpc) is 2.82. The van der Waals surface area contributed by atoms with Crippen molar-refractivity contribution in [3.05, 3.63) is 40.3 Å². The Morgan fingerprint density at radius 2 is 2.17 bits per heavy atom. The second-order valence-electron chi connectivity index (χ2n) is 3.90. The molecule has 1 aromatic carbocycles. The highest BCUT2D eigenvalue weighted by molar-refractivity contribution is 6.43. The number of nitrogens with one attached hydrogen (secondary N) is 1. The summed E-state index contributed by atoms with van der Waals surface area (Å²) in [7, 11) is 0. The average molecular weight is 285 g/mol. The van der Waals surface area contributed by atoms with Crippen molar-refractivity contribution >= 4 is 23.2 Å². The lowest BCUT2D eigenvalue weighted by Crippen LogP contribution is -2.13. The van der Waals surface area contributed by atoms with E-state index in [1.807, 2.05) is 12.1 Å². The number of hydrogen-bond acceptors (Lipinski definition) is 3. The van der Waals surface area contributed by atoms with Gasteiger partial charge in [-0.25, -0.2) is 4.98 Å². The minimum Gasteiger partial charge on any atom is -0.439 e. The molecule has 0 amide bonds. The molecule has 1 N–H and O–H groups in total. The zero-order valence-corrected chi connectivity index (χ0v) is 11.6. The van der Waals surface area contributed by atoms with E-state index in [1.165, 1.54) is 0 Å². The van der Waals surface area contributed by atoms with Crippen LogP contribution < -0.4 is 5.32 Å². The standard InChI is InChI=1S/C13H14Cl2N2O/c1-2-6-16-8-12-17-7-11(18-12)9-4-3-5-10(14)13(9)15/h3-5,7,16H,2,6,8H2,1H3. The van der Waals surface area contributed by atoms with Gasteiger partial charge in [0.15, 0.2) is 5.76 Å². The van der Waals surface area contributed by atoms with Gasteiger partial charge >= 0.3 is 0 Å². The first-order valence-electron chi connectivity index (χ1n) is 5.82. The molecule has 0 saturated carbocycles. The predicted molar refractivity (Wildman–Crippen MR) is 74.0 cm³/mol. The molecule has 0 saturated heterocycles. The number of hydrogen-bond donors (Lipinski definition) is 1. The molecule has 0 radical (unpaired) electrons. The summed E-state index contributed by atoms with van der Waals surface area (Å²) in [5.41, 5.74) is 0.762. The monoisotopic (exact) mass is 284 g/mol.